The molecule has 0 atom stereocenters. The predicted molar refractivity (Wildman–Crippen MR) is 108 cm³/mol. The van der Waals surface area contributed by atoms with E-state index in [0.717, 1.165) is 27.8 Å². The molecule has 4 aromatic rings. The summed E-state index contributed by atoms with van der Waals surface area (Å²) in [5.74, 6) is 0.305. The normalized spacial score (nSPS) is 10.9. The summed E-state index contributed by atoms with van der Waals surface area (Å²) < 4.78 is 5.83. The molecule has 1 aromatic heterocycles. The van der Waals surface area contributed by atoms with Crippen LogP contribution < -0.4 is 5.32 Å². The Balaban J connectivity index is 1.66. The Bertz CT molecular complexity index is 1130. The van der Waals surface area contributed by atoms with Crippen LogP contribution in [0.4, 0.5) is 5.69 Å². The summed E-state index contributed by atoms with van der Waals surface area (Å²) >= 11 is 6.14. The molecule has 0 unspecified atom stereocenters. The van der Waals surface area contributed by atoms with Crippen LogP contribution in [-0.4, -0.2) is 10.9 Å². The van der Waals surface area contributed by atoms with Crippen LogP contribution in [-0.2, 0) is 0 Å². The SMILES string of the molecule is Cc1ccc(C(=O)Nc2cc(-c3nc4ccccc4o3)ccc2C)cc1Cl. The van der Waals surface area contributed by atoms with Crippen molar-refractivity contribution < 1.29 is 9.21 Å². The van der Waals surface area contributed by atoms with Crippen LogP contribution in [0.5, 0.6) is 0 Å². The second-order valence-corrected chi connectivity index (χ2v) is 6.84. The van der Waals surface area contributed by atoms with E-state index in [-0.39, 0.29) is 5.91 Å². The molecule has 0 aliphatic carbocycles. The zero-order valence-corrected chi connectivity index (χ0v) is 15.7. The lowest BCUT2D eigenvalue weighted by Gasteiger charge is -2.10. The fraction of sp³-hybridized carbons (Fsp3) is 0.0909. The number of hydrogen-bond donors (Lipinski definition) is 1. The molecule has 27 heavy (non-hydrogen) atoms. The average molecular weight is 377 g/mol. The minimum Gasteiger partial charge on any atom is -0.436 e. The average Bonchev–Trinajstić information content (AvgIpc) is 3.10. The van der Waals surface area contributed by atoms with Crippen LogP contribution in [0.25, 0.3) is 22.6 Å². The Morgan fingerprint density at radius 2 is 1.78 bits per heavy atom. The lowest BCUT2D eigenvalue weighted by molar-refractivity contribution is 0.102. The van der Waals surface area contributed by atoms with Gasteiger partial charge >= 0.3 is 0 Å². The molecule has 0 aliphatic heterocycles. The molecule has 0 radical (unpaired) electrons. The van der Waals surface area contributed by atoms with E-state index >= 15 is 0 Å². The molecular formula is C22H17ClN2O2. The topological polar surface area (TPSA) is 55.1 Å². The number of rotatable bonds is 3. The summed E-state index contributed by atoms with van der Waals surface area (Å²) in [6.45, 7) is 3.84. The highest BCUT2D eigenvalue weighted by molar-refractivity contribution is 6.31. The standard InChI is InChI=1S/C22H17ClN2O2/c1-13-7-9-15(11-17(13)23)21(26)24-19-12-16(10-8-14(19)2)22-25-18-5-3-4-6-20(18)27-22/h3-12H,1-2H3,(H,24,26). The maximum atomic E-state index is 12.6. The van der Waals surface area contributed by atoms with Crippen LogP contribution in [0.1, 0.15) is 21.5 Å². The second-order valence-electron chi connectivity index (χ2n) is 6.43. The number of carbonyl (C=O) groups excluding carboxylic acids is 1. The fourth-order valence-electron chi connectivity index (χ4n) is 2.81. The number of aryl methyl sites for hydroxylation is 2. The van der Waals surface area contributed by atoms with Crippen molar-refractivity contribution in [2.75, 3.05) is 5.32 Å². The number of hydrogen-bond acceptors (Lipinski definition) is 3. The van der Waals surface area contributed by atoms with Crippen molar-refractivity contribution in [1.29, 1.82) is 0 Å². The molecule has 4 rings (SSSR count). The molecule has 0 fully saturated rings. The smallest absolute Gasteiger partial charge is 0.255 e. The van der Waals surface area contributed by atoms with Crippen molar-refractivity contribution in [2.45, 2.75) is 13.8 Å². The Kier molecular flexibility index (Phi) is 4.42. The molecule has 0 bridgehead atoms. The first-order chi connectivity index (χ1) is 13.0. The highest BCUT2D eigenvalue weighted by atomic mass is 35.5. The minimum atomic E-state index is -0.213. The molecule has 4 nitrogen and oxygen atoms in total. The van der Waals surface area contributed by atoms with E-state index < -0.39 is 0 Å². The summed E-state index contributed by atoms with van der Waals surface area (Å²) in [5.41, 5.74) is 5.42. The van der Waals surface area contributed by atoms with E-state index in [0.29, 0.717) is 22.2 Å². The van der Waals surface area contributed by atoms with Gasteiger partial charge in [0.2, 0.25) is 5.89 Å². The highest BCUT2D eigenvalue weighted by Gasteiger charge is 2.13. The third kappa shape index (κ3) is 3.44. The first kappa shape index (κ1) is 17.3. The third-order valence-electron chi connectivity index (χ3n) is 4.46. The number of para-hydroxylation sites is 2. The largest absolute Gasteiger partial charge is 0.436 e. The Morgan fingerprint density at radius 1 is 1.00 bits per heavy atom. The molecule has 1 N–H and O–H groups in total. The summed E-state index contributed by atoms with van der Waals surface area (Å²) in [5, 5.41) is 3.52. The number of nitrogens with zero attached hydrogens (tertiary/aromatic N) is 1. The van der Waals surface area contributed by atoms with Gasteiger partial charge in [0.05, 0.1) is 0 Å². The van der Waals surface area contributed by atoms with Gasteiger partial charge < -0.3 is 9.73 Å². The van der Waals surface area contributed by atoms with Crippen LogP contribution in [0.2, 0.25) is 5.02 Å². The van der Waals surface area contributed by atoms with Crippen LogP contribution in [0, 0.1) is 13.8 Å². The lowest BCUT2D eigenvalue weighted by Crippen LogP contribution is -2.13. The van der Waals surface area contributed by atoms with Gasteiger partial charge in [-0.1, -0.05) is 35.9 Å². The van der Waals surface area contributed by atoms with Crippen molar-refractivity contribution in [1.82, 2.24) is 4.98 Å². The maximum absolute atomic E-state index is 12.6. The van der Waals surface area contributed by atoms with E-state index in [1.807, 2.05) is 62.4 Å². The first-order valence-electron chi connectivity index (χ1n) is 8.55. The number of halogens is 1. The zero-order valence-electron chi connectivity index (χ0n) is 14.9. The fourth-order valence-corrected chi connectivity index (χ4v) is 2.99. The molecule has 0 saturated heterocycles. The summed E-state index contributed by atoms with van der Waals surface area (Å²) in [6.07, 6.45) is 0. The van der Waals surface area contributed by atoms with Crippen molar-refractivity contribution in [3.63, 3.8) is 0 Å². The van der Waals surface area contributed by atoms with E-state index in [9.17, 15) is 4.79 Å². The second kappa shape index (κ2) is 6.89. The zero-order chi connectivity index (χ0) is 19.0. The van der Waals surface area contributed by atoms with Crippen molar-refractivity contribution >= 4 is 34.3 Å². The molecule has 0 aliphatic rings. The van der Waals surface area contributed by atoms with Gasteiger partial charge in [0.1, 0.15) is 5.52 Å². The number of nitrogens with one attached hydrogen (secondary N) is 1. The molecule has 3 aromatic carbocycles. The maximum Gasteiger partial charge on any atom is 0.255 e. The summed E-state index contributed by atoms with van der Waals surface area (Å²) in [4.78, 5) is 17.1. The van der Waals surface area contributed by atoms with Gasteiger partial charge in [-0.3, -0.25) is 4.79 Å². The third-order valence-corrected chi connectivity index (χ3v) is 4.87. The van der Waals surface area contributed by atoms with Crippen molar-refractivity contribution in [3.8, 4) is 11.5 Å². The van der Waals surface area contributed by atoms with Gasteiger partial charge in [0, 0.05) is 21.8 Å². The number of aromatic nitrogens is 1. The van der Waals surface area contributed by atoms with E-state index in [2.05, 4.69) is 10.3 Å². The molecule has 1 heterocycles. The lowest BCUT2D eigenvalue weighted by atomic mass is 10.1. The molecule has 5 heteroatoms. The highest BCUT2D eigenvalue weighted by Crippen LogP contribution is 2.28. The van der Waals surface area contributed by atoms with Gasteiger partial charge in [0.25, 0.3) is 5.91 Å². The molecular weight excluding hydrogens is 360 g/mol. The number of amides is 1. The molecule has 134 valence electrons. The molecule has 0 saturated carbocycles. The quantitative estimate of drug-likeness (QED) is 0.475. The van der Waals surface area contributed by atoms with Gasteiger partial charge in [0.15, 0.2) is 5.58 Å². The molecule has 1 amide bonds. The minimum absolute atomic E-state index is 0.213. The number of anilines is 1. The summed E-state index contributed by atoms with van der Waals surface area (Å²) in [7, 11) is 0. The monoisotopic (exact) mass is 376 g/mol. The van der Waals surface area contributed by atoms with E-state index in [1.54, 1.807) is 12.1 Å². The van der Waals surface area contributed by atoms with Crippen molar-refractivity contribution in [3.05, 3.63) is 82.4 Å². The van der Waals surface area contributed by atoms with Crippen LogP contribution in [0.15, 0.2) is 65.1 Å². The number of fused-ring (bicyclic) bond motifs is 1. The predicted octanol–water partition coefficient (Wildman–Crippen LogP) is 6.02. The van der Waals surface area contributed by atoms with E-state index in [1.165, 1.54) is 0 Å². The van der Waals surface area contributed by atoms with Gasteiger partial charge in [-0.05, 0) is 61.4 Å². The van der Waals surface area contributed by atoms with Gasteiger partial charge in [-0.25, -0.2) is 4.98 Å². The van der Waals surface area contributed by atoms with Gasteiger partial charge in [-0.15, -0.1) is 0 Å². The Morgan fingerprint density at radius 3 is 2.56 bits per heavy atom. The number of carbonyl (C=O) groups is 1. The first-order valence-corrected chi connectivity index (χ1v) is 8.93. The number of oxazole rings is 1. The Labute approximate surface area is 161 Å². The Hall–Kier alpha value is -3.11. The number of benzene rings is 3. The van der Waals surface area contributed by atoms with Gasteiger partial charge in [-0.2, -0.15) is 0 Å². The van der Waals surface area contributed by atoms with E-state index in [4.69, 9.17) is 16.0 Å². The summed E-state index contributed by atoms with van der Waals surface area (Å²) in [6, 6.07) is 18.6. The van der Waals surface area contributed by atoms with Crippen molar-refractivity contribution in [2.24, 2.45) is 0 Å². The van der Waals surface area contributed by atoms with Crippen LogP contribution in [0.3, 0.4) is 0 Å². The molecule has 0 spiro atoms. The van der Waals surface area contributed by atoms with Crippen LogP contribution >= 0.6 is 11.6 Å².